The molecule has 184 valence electrons. The minimum Gasteiger partial charge on any atom is -0.444 e. The van der Waals surface area contributed by atoms with Gasteiger partial charge in [-0.3, -0.25) is 9.67 Å². The van der Waals surface area contributed by atoms with Gasteiger partial charge in [-0.2, -0.15) is 5.10 Å². The second kappa shape index (κ2) is 13.9. The summed E-state index contributed by atoms with van der Waals surface area (Å²) in [5.74, 6) is 1.90. The lowest BCUT2D eigenvalue weighted by atomic mass is 9.96. The van der Waals surface area contributed by atoms with Crippen LogP contribution in [0, 0.1) is 11.8 Å². The zero-order valence-electron chi connectivity index (χ0n) is 20.7. The molecule has 1 aromatic rings. The molecule has 1 atom stereocenters. The first-order valence-corrected chi connectivity index (χ1v) is 11.7. The molecule has 0 aliphatic carbocycles. The maximum absolute atomic E-state index is 12.4. The van der Waals surface area contributed by atoms with Crippen LogP contribution in [0.1, 0.15) is 54.4 Å². The zero-order valence-corrected chi connectivity index (χ0v) is 23.0. The van der Waals surface area contributed by atoms with Gasteiger partial charge in [0.25, 0.3) is 0 Å². The van der Waals surface area contributed by atoms with Crippen molar-refractivity contribution in [2.75, 3.05) is 39.3 Å². The Morgan fingerprint density at radius 1 is 1.31 bits per heavy atom. The Bertz CT molecular complexity index is 681. The average molecular weight is 563 g/mol. The molecular formula is C23H43IN6O2. The molecule has 0 radical (unpaired) electrons. The summed E-state index contributed by atoms with van der Waals surface area (Å²) in [5.41, 5.74) is -0.459. The number of aromatic nitrogens is 2. The monoisotopic (exact) mass is 562 g/mol. The first-order valence-electron chi connectivity index (χ1n) is 11.7. The minimum absolute atomic E-state index is 0. The number of nitrogens with one attached hydrogen (secondary N) is 1. The molecule has 1 unspecified atom stereocenters. The molecule has 32 heavy (non-hydrogen) atoms. The topological polar surface area (TPSA) is 75.0 Å². The van der Waals surface area contributed by atoms with Gasteiger partial charge in [-0.05, 0) is 65.4 Å². The third kappa shape index (κ3) is 9.95. The van der Waals surface area contributed by atoms with Crippen LogP contribution in [-0.2, 0) is 11.3 Å². The van der Waals surface area contributed by atoms with E-state index in [0.717, 1.165) is 58.1 Å². The van der Waals surface area contributed by atoms with Crippen LogP contribution >= 0.6 is 24.0 Å². The molecule has 1 aliphatic heterocycles. The molecule has 9 heteroatoms. The Morgan fingerprint density at radius 2 is 2.00 bits per heavy atom. The van der Waals surface area contributed by atoms with E-state index in [4.69, 9.17) is 9.73 Å². The number of hydrogen-bond donors (Lipinski definition) is 1. The maximum Gasteiger partial charge on any atom is 0.410 e. The van der Waals surface area contributed by atoms with Crippen molar-refractivity contribution < 1.29 is 9.53 Å². The van der Waals surface area contributed by atoms with Crippen LogP contribution < -0.4 is 5.32 Å². The Balaban J connectivity index is 0.00000512. The number of nitrogens with zero attached hydrogens (tertiary/aromatic N) is 5. The number of likely N-dealkylation sites (tertiary alicyclic amines) is 1. The quantitative estimate of drug-likeness (QED) is 0.294. The van der Waals surface area contributed by atoms with Crippen molar-refractivity contribution in [1.29, 1.82) is 0 Å². The number of guanidine groups is 1. The number of aliphatic imine (C=N–C) groups is 1. The summed E-state index contributed by atoms with van der Waals surface area (Å²) in [6.07, 6.45) is 5.69. The van der Waals surface area contributed by atoms with E-state index < -0.39 is 5.60 Å². The first kappa shape index (κ1) is 28.5. The molecule has 2 heterocycles. The number of carbonyl (C=O) groups excluding carboxylic acids is 1. The lowest BCUT2D eigenvalue weighted by Crippen LogP contribution is -2.48. The van der Waals surface area contributed by atoms with E-state index in [-0.39, 0.29) is 30.1 Å². The smallest absolute Gasteiger partial charge is 0.410 e. The predicted molar refractivity (Wildman–Crippen MR) is 141 cm³/mol. The molecule has 1 N–H and O–H groups in total. The Labute approximate surface area is 211 Å². The van der Waals surface area contributed by atoms with E-state index in [1.165, 1.54) is 0 Å². The van der Waals surface area contributed by atoms with E-state index in [1.54, 1.807) is 0 Å². The lowest BCUT2D eigenvalue weighted by Gasteiger charge is -2.36. The molecule has 0 saturated carbocycles. The van der Waals surface area contributed by atoms with E-state index in [1.807, 2.05) is 55.7 Å². The molecular weight excluding hydrogens is 519 g/mol. The molecule has 1 amide bonds. The maximum atomic E-state index is 12.4. The predicted octanol–water partition coefficient (Wildman–Crippen LogP) is 4.07. The Hall–Kier alpha value is -1.52. The van der Waals surface area contributed by atoms with Crippen LogP contribution in [0.15, 0.2) is 23.5 Å². The van der Waals surface area contributed by atoms with Gasteiger partial charge in [0.15, 0.2) is 5.96 Å². The van der Waals surface area contributed by atoms with E-state index >= 15 is 0 Å². The third-order valence-electron chi connectivity index (χ3n) is 5.37. The third-order valence-corrected chi connectivity index (χ3v) is 5.37. The minimum atomic E-state index is -0.459. The second-order valence-electron chi connectivity index (χ2n) is 9.48. The molecule has 1 aromatic heterocycles. The van der Waals surface area contributed by atoms with Crippen LogP contribution in [0.25, 0.3) is 0 Å². The molecule has 0 spiro atoms. The fourth-order valence-electron chi connectivity index (χ4n) is 3.75. The number of carbonyl (C=O) groups is 1. The Kier molecular flexibility index (Phi) is 12.4. The lowest BCUT2D eigenvalue weighted by molar-refractivity contribution is 0.0214. The molecule has 2 rings (SSSR count). The fourth-order valence-corrected chi connectivity index (χ4v) is 3.75. The van der Waals surface area contributed by atoms with Crippen LogP contribution in [0.2, 0.25) is 0 Å². The molecule has 8 nitrogen and oxygen atoms in total. The van der Waals surface area contributed by atoms with Crippen LogP contribution in [0.5, 0.6) is 0 Å². The summed E-state index contributed by atoms with van der Waals surface area (Å²) >= 11 is 0. The SMILES string of the molecule is CCNC(=NCC(C)Cn1cccn1)N1CCC(CN(CC)C(=O)OC(C)(C)C)CC1.I. The van der Waals surface area contributed by atoms with Crippen molar-refractivity contribution in [2.45, 2.75) is 66.5 Å². The number of piperidine rings is 1. The van der Waals surface area contributed by atoms with Gasteiger partial charge in [-0.15, -0.1) is 24.0 Å². The number of hydrogen-bond acceptors (Lipinski definition) is 4. The van der Waals surface area contributed by atoms with Crippen molar-refractivity contribution in [3.8, 4) is 0 Å². The first-order chi connectivity index (χ1) is 14.7. The van der Waals surface area contributed by atoms with Gasteiger partial charge in [0.2, 0.25) is 0 Å². The van der Waals surface area contributed by atoms with Crippen molar-refractivity contribution in [3.05, 3.63) is 18.5 Å². The van der Waals surface area contributed by atoms with E-state index in [2.05, 4.69) is 29.2 Å². The largest absolute Gasteiger partial charge is 0.444 e. The highest BCUT2D eigenvalue weighted by Crippen LogP contribution is 2.20. The summed E-state index contributed by atoms with van der Waals surface area (Å²) < 4.78 is 7.52. The highest BCUT2D eigenvalue weighted by molar-refractivity contribution is 14.0. The summed E-state index contributed by atoms with van der Waals surface area (Å²) in [6.45, 7) is 17.9. The summed E-state index contributed by atoms with van der Waals surface area (Å²) in [6, 6.07) is 1.95. The normalized spacial score (nSPS) is 16.3. The van der Waals surface area contributed by atoms with E-state index in [9.17, 15) is 4.79 Å². The molecule has 0 aromatic carbocycles. The van der Waals surface area contributed by atoms with Gasteiger partial charge in [0.1, 0.15) is 5.60 Å². The summed E-state index contributed by atoms with van der Waals surface area (Å²) in [7, 11) is 0. The highest BCUT2D eigenvalue weighted by atomic mass is 127. The van der Waals surface area contributed by atoms with Crippen molar-refractivity contribution >= 4 is 36.0 Å². The van der Waals surface area contributed by atoms with Crippen molar-refractivity contribution in [3.63, 3.8) is 0 Å². The van der Waals surface area contributed by atoms with Crippen LogP contribution in [-0.4, -0.2) is 76.5 Å². The van der Waals surface area contributed by atoms with Gasteiger partial charge >= 0.3 is 6.09 Å². The van der Waals surface area contributed by atoms with Crippen molar-refractivity contribution in [2.24, 2.45) is 16.8 Å². The summed E-state index contributed by atoms with van der Waals surface area (Å²) in [4.78, 5) is 21.5. The Morgan fingerprint density at radius 3 is 2.53 bits per heavy atom. The molecule has 1 fully saturated rings. The van der Waals surface area contributed by atoms with Crippen molar-refractivity contribution in [1.82, 2.24) is 24.9 Å². The second-order valence-corrected chi connectivity index (χ2v) is 9.48. The van der Waals surface area contributed by atoms with Crippen LogP contribution in [0.4, 0.5) is 4.79 Å². The average Bonchev–Trinajstić information content (AvgIpc) is 3.21. The number of ether oxygens (including phenoxy) is 1. The number of rotatable bonds is 8. The molecule has 1 aliphatic rings. The van der Waals surface area contributed by atoms with Crippen LogP contribution in [0.3, 0.4) is 0 Å². The number of amides is 1. The zero-order chi connectivity index (χ0) is 22.9. The highest BCUT2D eigenvalue weighted by Gasteiger charge is 2.27. The molecule has 0 bridgehead atoms. The fraction of sp³-hybridized carbons (Fsp3) is 0.783. The van der Waals surface area contributed by atoms with Gasteiger partial charge < -0.3 is 19.9 Å². The van der Waals surface area contributed by atoms with E-state index in [0.29, 0.717) is 18.4 Å². The van der Waals surface area contributed by atoms with Gasteiger partial charge in [0, 0.05) is 58.2 Å². The standard InChI is InChI=1S/C23H42N6O2.HI/c1-7-24-21(25-16-19(3)17-29-13-9-12-26-29)28-14-10-20(11-15-28)18-27(8-2)22(30)31-23(4,5)6;/h9,12-13,19-20H,7-8,10-11,14-18H2,1-6H3,(H,24,25);1H. The van der Waals surface area contributed by atoms with Gasteiger partial charge in [-0.1, -0.05) is 6.92 Å². The van der Waals surface area contributed by atoms with Gasteiger partial charge in [0.05, 0.1) is 0 Å². The summed E-state index contributed by atoms with van der Waals surface area (Å²) in [5, 5.41) is 7.73. The number of halogens is 1. The van der Waals surface area contributed by atoms with Gasteiger partial charge in [-0.25, -0.2) is 4.79 Å². The molecule has 1 saturated heterocycles.